The minimum absolute atomic E-state index is 0.173. The fourth-order valence-corrected chi connectivity index (χ4v) is 1.86. The summed E-state index contributed by atoms with van der Waals surface area (Å²) in [5.41, 5.74) is -0.209. The third-order valence-corrected chi connectivity index (χ3v) is 2.88. The van der Waals surface area contributed by atoms with Crippen molar-refractivity contribution in [2.45, 2.75) is 91.6 Å². The first-order valence-electron chi connectivity index (χ1n) is 10.2. The lowest BCUT2D eigenvalue weighted by Gasteiger charge is -2.22. The number of nitrogens with zero attached hydrogens (tertiary/aromatic N) is 1. The molecular formula is C20H36N4O9. The van der Waals surface area contributed by atoms with Gasteiger partial charge in [-0.15, -0.1) is 4.99 Å². The molecule has 0 aliphatic heterocycles. The molecule has 0 fully saturated rings. The van der Waals surface area contributed by atoms with Gasteiger partial charge in [-0.1, -0.05) is 0 Å². The summed E-state index contributed by atoms with van der Waals surface area (Å²) < 4.78 is 15.2. The molecule has 1 atom stereocenters. The Morgan fingerprint density at radius 3 is 1.76 bits per heavy atom. The van der Waals surface area contributed by atoms with E-state index in [0.29, 0.717) is 0 Å². The average Bonchev–Trinajstić information content (AvgIpc) is 2.51. The normalized spacial score (nSPS) is 13.4. The van der Waals surface area contributed by atoms with Crippen molar-refractivity contribution in [1.29, 1.82) is 0 Å². The Hall–Kier alpha value is -3.09. The molecule has 0 aliphatic rings. The molecule has 0 bridgehead atoms. The number of guanidine groups is 1. The van der Waals surface area contributed by atoms with Crippen LogP contribution < -0.4 is 16.1 Å². The van der Waals surface area contributed by atoms with E-state index in [4.69, 9.17) is 19.0 Å². The molecule has 190 valence electrons. The van der Waals surface area contributed by atoms with Gasteiger partial charge in [0.2, 0.25) is 5.96 Å². The van der Waals surface area contributed by atoms with Gasteiger partial charge in [0, 0.05) is 6.42 Å². The summed E-state index contributed by atoms with van der Waals surface area (Å²) in [5, 5.41) is 13.7. The quantitative estimate of drug-likeness (QED) is 0.147. The highest BCUT2D eigenvalue weighted by Crippen LogP contribution is 2.09. The lowest BCUT2D eigenvalue weighted by molar-refractivity contribution is -0.140. The van der Waals surface area contributed by atoms with Crippen LogP contribution in [0.15, 0.2) is 4.99 Å². The number of hydrogen-bond acceptors (Lipinski definition) is 8. The molecule has 0 aromatic heterocycles. The first-order valence-corrected chi connectivity index (χ1v) is 10.2. The van der Waals surface area contributed by atoms with Crippen molar-refractivity contribution in [2.75, 3.05) is 6.61 Å². The molecule has 0 heterocycles. The van der Waals surface area contributed by atoms with Gasteiger partial charge < -0.3 is 24.6 Å². The number of hydrogen-bond donors (Lipinski definition) is 4. The van der Waals surface area contributed by atoms with E-state index in [1.165, 1.54) is 0 Å². The summed E-state index contributed by atoms with van der Waals surface area (Å²) in [4.78, 5) is 55.8. The molecule has 33 heavy (non-hydrogen) atoms. The van der Waals surface area contributed by atoms with Crippen LogP contribution >= 0.6 is 0 Å². The van der Waals surface area contributed by atoms with Crippen molar-refractivity contribution in [3.63, 3.8) is 0 Å². The highest BCUT2D eigenvalue weighted by molar-refractivity contribution is 5.98. The van der Waals surface area contributed by atoms with Crippen LogP contribution in [0.3, 0.4) is 0 Å². The van der Waals surface area contributed by atoms with Crippen molar-refractivity contribution in [3.05, 3.63) is 0 Å². The number of aliphatic imine (C=N–C) groups is 1. The summed E-state index contributed by atoms with van der Waals surface area (Å²) in [5.74, 6) is -1.75. The van der Waals surface area contributed by atoms with Crippen LogP contribution in [0.4, 0.5) is 14.4 Å². The van der Waals surface area contributed by atoms with Crippen LogP contribution in [0.1, 0.15) is 68.7 Å². The second-order valence-corrected chi connectivity index (χ2v) is 9.84. The number of hydroxylamine groups is 1. The van der Waals surface area contributed by atoms with Crippen molar-refractivity contribution in [3.8, 4) is 0 Å². The van der Waals surface area contributed by atoms with Crippen LogP contribution in [0, 0.1) is 0 Å². The lowest BCUT2D eigenvalue weighted by Crippen LogP contribution is -2.46. The Morgan fingerprint density at radius 1 is 0.818 bits per heavy atom. The molecule has 0 saturated heterocycles. The predicted octanol–water partition coefficient (Wildman–Crippen LogP) is 2.69. The second kappa shape index (κ2) is 12.2. The van der Waals surface area contributed by atoms with Crippen molar-refractivity contribution in [1.82, 2.24) is 16.1 Å². The molecule has 0 aromatic carbocycles. The van der Waals surface area contributed by atoms with Crippen LogP contribution in [-0.2, 0) is 23.8 Å². The number of carboxylic acid groups (broad SMARTS) is 1. The molecule has 0 radical (unpaired) electrons. The van der Waals surface area contributed by atoms with Crippen molar-refractivity contribution in [2.24, 2.45) is 4.99 Å². The summed E-state index contributed by atoms with van der Waals surface area (Å²) in [6, 6.07) is -1.31. The Balaban J connectivity index is 5.04. The Labute approximate surface area is 193 Å². The summed E-state index contributed by atoms with van der Waals surface area (Å²) in [7, 11) is 0. The molecule has 0 rings (SSSR count). The van der Waals surface area contributed by atoms with Crippen LogP contribution in [0.2, 0.25) is 0 Å². The zero-order valence-corrected chi connectivity index (χ0v) is 20.7. The highest BCUT2D eigenvalue weighted by Gasteiger charge is 2.24. The number of rotatable bonds is 6. The number of carbonyl (C=O) groups excluding carboxylic acids is 3. The van der Waals surface area contributed by atoms with Crippen LogP contribution in [0.25, 0.3) is 0 Å². The molecule has 0 aliphatic carbocycles. The minimum atomic E-state index is -1.31. The molecule has 0 aromatic rings. The first-order chi connectivity index (χ1) is 14.8. The highest BCUT2D eigenvalue weighted by atomic mass is 16.6. The molecule has 13 heteroatoms. The van der Waals surface area contributed by atoms with Gasteiger partial charge in [0.1, 0.15) is 22.8 Å². The Kier molecular flexibility index (Phi) is 11.1. The number of carbonyl (C=O) groups is 4. The lowest BCUT2D eigenvalue weighted by atomic mass is 10.2. The molecule has 13 nitrogen and oxygen atoms in total. The monoisotopic (exact) mass is 476 g/mol. The van der Waals surface area contributed by atoms with Crippen molar-refractivity contribution < 1.29 is 43.3 Å². The summed E-state index contributed by atoms with van der Waals surface area (Å²) in [6.07, 6.45) is -3.01. The molecule has 4 N–H and O–H groups in total. The van der Waals surface area contributed by atoms with Gasteiger partial charge in [0.05, 0.1) is 6.61 Å². The second-order valence-electron chi connectivity index (χ2n) is 9.84. The van der Waals surface area contributed by atoms with E-state index in [1.54, 1.807) is 62.3 Å². The van der Waals surface area contributed by atoms with E-state index in [1.807, 2.05) is 0 Å². The standard InChI is InChI=1S/C20H36N4O9/c1-18(2,3)31-15(27)21-12(13(25)26)10-11-30-24-14(22-16(28)32-19(4,5)6)23-17(29)33-20(7,8)9/h12H,10-11H2,1-9H3,(H,21,27)(H,25,26)(H2,22,23,24,28,29)/t12-/m0/s1. The molecule has 0 spiro atoms. The number of ether oxygens (including phenoxy) is 3. The van der Waals surface area contributed by atoms with Crippen molar-refractivity contribution >= 4 is 30.2 Å². The van der Waals surface area contributed by atoms with E-state index in [9.17, 15) is 24.3 Å². The van der Waals surface area contributed by atoms with Gasteiger partial charge in [-0.05, 0) is 62.3 Å². The summed E-state index contributed by atoms with van der Waals surface area (Å²) in [6.45, 7) is 14.5. The van der Waals surface area contributed by atoms with E-state index < -0.39 is 53.1 Å². The molecular weight excluding hydrogens is 440 g/mol. The summed E-state index contributed by atoms with van der Waals surface area (Å²) >= 11 is 0. The smallest absolute Gasteiger partial charge is 0.437 e. The van der Waals surface area contributed by atoms with Gasteiger partial charge in [-0.3, -0.25) is 10.2 Å². The zero-order chi connectivity index (χ0) is 26.0. The third kappa shape index (κ3) is 17.2. The zero-order valence-electron chi connectivity index (χ0n) is 20.7. The molecule has 0 saturated carbocycles. The Bertz CT molecular complexity index is 731. The van der Waals surface area contributed by atoms with Gasteiger partial charge in [-0.2, -0.15) is 0 Å². The van der Waals surface area contributed by atoms with Gasteiger partial charge in [0.25, 0.3) is 0 Å². The van der Waals surface area contributed by atoms with Crippen LogP contribution in [-0.4, -0.2) is 64.8 Å². The largest absolute Gasteiger partial charge is 0.480 e. The van der Waals surface area contributed by atoms with E-state index in [-0.39, 0.29) is 13.0 Å². The Morgan fingerprint density at radius 2 is 1.30 bits per heavy atom. The minimum Gasteiger partial charge on any atom is -0.480 e. The molecule has 0 unspecified atom stereocenters. The number of nitrogens with one attached hydrogen (secondary N) is 3. The van der Waals surface area contributed by atoms with E-state index in [0.717, 1.165) is 0 Å². The maximum atomic E-state index is 12.0. The van der Waals surface area contributed by atoms with Gasteiger partial charge in [-0.25, -0.2) is 24.7 Å². The SMILES string of the molecule is CC(C)(C)OC(=O)/N=C(/NOCC[C@H](NC(=O)OC(C)(C)C)C(=O)O)NC(=O)OC(C)(C)C. The van der Waals surface area contributed by atoms with E-state index >= 15 is 0 Å². The van der Waals surface area contributed by atoms with Gasteiger partial charge in [0.15, 0.2) is 0 Å². The maximum absolute atomic E-state index is 12.0. The number of carboxylic acids is 1. The predicted molar refractivity (Wildman–Crippen MR) is 118 cm³/mol. The fraction of sp³-hybridized carbons (Fsp3) is 0.750. The maximum Gasteiger partial charge on any atom is 0.437 e. The van der Waals surface area contributed by atoms with E-state index in [2.05, 4.69) is 21.1 Å². The fourth-order valence-electron chi connectivity index (χ4n) is 1.86. The number of alkyl carbamates (subject to hydrolysis) is 2. The number of amides is 3. The topological polar surface area (TPSA) is 174 Å². The third-order valence-electron chi connectivity index (χ3n) is 2.88. The van der Waals surface area contributed by atoms with Crippen LogP contribution in [0.5, 0.6) is 0 Å². The molecule has 3 amide bonds. The number of aliphatic carboxylic acids is 1. The van der Waals surface area contributed by atoms with Gasteiger partial charge >= 0.3 is 24.2 Å². The average molecular weight is 477 g/mol. The first kappa shape index (κ1) is 29.9.